The smallest absolute Gasteiger partial charge is 0.269 e. The van der Waals surface area contributed by atoms with Crippen LogP contribution in [0.1, 0.15) is 67.3 Å². The van der Waals surface area contributed by atoms with Gasteiger partial charge in [-0.05, 0) is 50.5 Å². The van der Waals surface area contributed by atoms with E-state index in [2.05, 4.69) is 36.2 Å². The van der Waals surface area contributed by atoms with Gasteiger partial charge in [0.2, 0.25) is 0 Å². The second-order valence-corrected chi connectivity index (χ2v) is 8.64. The molecule has 1 amide bonds. The molecule has 0 spiro atoms. The SMILES string of the molecule is CSc1nnc(CCCNC(=O)c2cc(N3CCCC3)ccn2)n1C1CCCC1. The van der Waals surface area contributed by atoms with Crippen LogP contribution in [-0.4, -0.2) is 51.5 Å². The summed E-state index contributed by atoms with van der Waals surface area (Å²) in [6.45, 7) is 2.73. The maximum atomic E-state index is 12.5. The van der Waals surface area contributed by atoms with Gasteiger partial charge >= 0.3 is 0 Å². The third kappa shape index (κ3) is 4.74. The van der Waals surface area contributed by atoms with Crippen LogP contribution in [0.2, 0.25) is 0 Å². The predicted molar refractivity (Wildman–Crippen MR) is 116 cm³/mol. The summed E-state index contributed by atoms with van der Waals surface area (Å²) in [6.07, 6.45) is 12.9. The van der Waals surface area contributed by atoms with Gasteiger partial charge < -0.3 is 14.8 Å². The Bertz CT molecular complexity index is 826. The Kier molecular flexibility index (Phi) is 6.69. The molecule has 1 saturated carbocycles. The summed E-state index contributed by atoms with van der Waals surface area (Å²) in [7, 11) is 0. The highest BCUT2D eigenvalue weighted by molar-refractivity contribution is 7.98. The van der Waals surface area contributed by atoms with Gasteiger partial charge in [-0.25, -0.2) is 0 Å². The van der Waals surface area contributed by atoms with Crippen LogP contribution in [0.3, 0.4) is 0 Å². The zero-order valence-corrected chi connectivity index (χ0v) is 18.0. The Morgan fingerprint density at radius 3 is 2.76 bits per heavy atom. The summed E-state index contributed by atoms with van der Waals surface area (Å²) in [5.74, 6) is 0.942. The van der Waals surface area contributed by atoms with Crippen LogP contribution in [0.4, 0.5) is 5.69 Å². The van der Waals surface area contributed by atoms with E-state index < -0.39 is 0 Å². The van der Waals surface area contributed by atoms with Gasteiger partial charge in [-0.1, -0.05) is 24.6 Å². The van der Waals surface area contributed by atoms with Crippen LogP contribution in [0, 0.1) is 0 Å². The van der Waals surface area contributed by atoms with E-state index in [-0.39, 0.29) is 5.91 Å². The predicted octanol–water partition coefficient (Wildman–Crippen LogP) is 3.47. The molecule has 29 heavy (non-hydrogen) atoms. The number of thioether (sulfide) groups is 1. The van der Waals surface area contributed by atoms with Crippen molar-refractivity contribution in [1.82, 2.24) is 25.1 Å². The van der Waals surface area contributed by atoms with E-state index >= 15 is 0 Å². The number of nitrogens with one attached hydrogen (secondary N) is 1. The lowest BCUT2D eigenvalue weighted by molar-refractivity contribution is 0.0948. The maximum Gasteiger partial charge on any atom is 0.269 e. The molecule has 0 radical (unpaired) electrons. The van der Waals surface area contributed by atoms with Crippen molar-refractivity contribution in [3.8, 4) is 0 Å². The Morgan fingerprint density at radius 1 is 1.21 bits per heavy atom. The zero-order chi connectivity index (χ0) is 20.1. The fourth-order valence-corrected chi connectivity index (χ4v) is 4.97. The second-order valence-electron chi connectivity index (χ2n) is 7.86. The third-order valence-electron chi connectivity index (χ3n) is 5.92. The lowest BCUT2D eigenvalue weighted by atomic mass is 10.2. The molecule has 0 aromatic carbocycles. The number of hydrogen-bond acceptors (Lipinski definition) is 6. The molecule has 1 N–H and O–H groups in total. The van der Waals surface area contributed by atoms with Gasteiger partial charge in [0.05, 0.1) is 0 Å². The first-order chi connectivity index (χ1) is 14.3. The monoisotopic (exact) mass is 414 g/mol. The molecule has 0 bridgehead atoms. The normalized spacial score (nSPS) is 17.2. The van der Waals surface area contributed by atoms with Crippen LogP contribution in [0.25, 0.3) is 0 Å². The molecule has 2 fully saturated rings. The highest BCUT2D eigenvalue weighted by Gasteiger charge is 2.23. The van der Waals surface area contributed by atoms with E-state index in [9.17, 15) is 4.79 Å². The molecule has 1 aliphatic heterocycles. The number of carbonyl (C=O) groups is 1. The van der Waals surface area contributed by atoms with Crippen molar-refractivity contribution >= 4 is 23.4 Å². The van der Waals surface area contributed by atoms with Crippen molar-refractivity contribution in [2.24, 2.45) is 0 Å². The molecule has 1 aliphatic carbocycles. The average molecular weight is 415 g/mol. The van der Waals surface area contributed by atoms with Gasteiger partial charge in [0.1, 0.15) is 11.5 Å². The molecule has 2 aromatic heterocycles. The molecule has 156 valence electrons. The van der Waals surface area contributed by atoms with Crippen molar-refractivity contribution < 1.29 is 4.79 Å². The Morgan fingerprint density at radius 2 is 2.00 bits per heavy atom. The summed E-state index contributed by atoms with van der Waals surface area (Å²) < 4.78 is 2.33. The number of nitrogens with zero attached hydrogens (tertiary/aromatic N) is 5. The van der Waals surface area contributed by atoms with Crippen molar-refractivity contribution in [3.63, 3.8) is 0 Å². The molecule has 0 unspecified atom stereocenters. The number of anilines is 1. The van der Waals surface area contributed by atoms with Crippen LogP contribution in [0.5, 0.6) is 0 Å². The first-order valence-electron chi connectivity index (χ1n) is 10.7. The summed E-state index contributed by atoms with van der Waals surface area (Å²) >= 11 is 1.66. The summed E-state index contributed by atoms with van der Waals surface area (Å²) in [5.41, 5.74) is 1.59. The van der Waals surface area contributed by atoms with Crippen molar-refractivity contribution in [2.45, 2.75) is 62.6 Å². The maximum absolute atomic E-state index is 12.5. The summed E-state index contributed by atoms with van der Waals surface area (Å²) in [6, 6.07) is 4.43. The molecule has 2 aliphatic rings. The topological polar surface area (TPSA) is 75.9 Å². The highest BCUT2D eigenvalue weighted by atomic mass is 32.2. The van der Waals surface area contributed by atoms with Crippen molar-refractivity contribution in [2.75, 3.05) is 30.8 Å². The minimum Gasteiger partial charge on any atom is -0.371 e. The number of aromatic nitrogens is 4. The lowest BCUT2D eigenvalue weighted by Crippen LogP contribution is -2.26. The molecule has 8 heteroatoms. The van der Waals surface area contributed by atoms with Gasteiger partial charge in [0.15, 0.2) is 5.16 Å². The number of aryl methyl sites for hydroxylation is 1. The van der Waals surface area contributed by atoms with Gasteiger partial charge in [0, 0.05) is 44.0 Å². The number of rotatable bonds is 8. The van der Waals surface area contributed by atoms with E-state index in [1.807, 2.05) is 12.1 Å². The molecular weight excluding hydrogens is 384 g/mol. The lowest BCUT2D eigenvalue weighted by Gasteiger charge is -2.17. The van der Waals surface area contributed by atoms with E-state index in [0.29, 0.717) is 18.3 Å². The van der Waals surface area contributed by atoms with E-state index in [4.69, 9.17) is 0 Å². The van der Waals surface area contributed by atoms with Crippen molar-refractivity contribution in [3.05, 3.63) is 29.8 Å². The number of pyridine rings is 1. The number of hydrogen-bond donors (Lipinski definition) is 1. The van der Waals surface area contributed by atoms with Gasteiger partial charge in [-0.2, -0.15) is 0 Å². The van der Waals surface area contributed by atoms with E-state index in [0.717, 1.165) is 42.6 Å². The van der Waals surface area contributed by atoms with Gasteiger partial charge in [-0.15, -0.1) is 10.2 Å². The molecule has 3 heterocycles. The third-order valence-corrected chi connectivity index (χ3v) is 6.56. The van der Waals surface area contributed by atoms with Crippen LogP contribution >= 0.6 is 11.8 Å². The zero-order valence-electron chi connectivity index (χ0n) is 17.1. The minimum absolute atomic E-state index is 0.104. The number of carbonyl (C=O) groups excluding carboxylic acids is 1. The van der Waals surface area contributed by atoms with Gasteiger partial charge in [0.25, 0.3) is 5.91 Å². The molecule has 0 atom stereocenters. The molecular formula is C21H30N6OS. The highest BCUT2D eigenvalue weighted by Crippen LogP contribution is 2.33. The average Bonchev–Trinajstić information content (AvgIpc) is 3.52. The minimum atomic E-state index is -0.104. The quantitative estimate of drug-likeness (QED) is 0.526. The van der Waals surface area contributed by atoms with Crippen LogP contribution in [0.15, 0.2) is 23.5 Å². The van der Waals surface area contributed by atoms with Crippen LogP contribution in [-0.2, 0) is 6.42 Å². The summed E-state index contributed by atoms with van der Waals surface area (Å²) in [5, 5.41) is 12.8. The molecule has 7 nitrogen and oxygen atoms in total. The molecule has 1 saturated heterocycles. The standard InChI is InChI=1S/C21H30N6OS/c1-29-21-25-24-19(27(21)16-7-2-3-8-16)9-6-11-23-20(28)18-15-17(10-12-22-18)26-13-4-5-14-26/h10,12,15-16H,2-9,11,13-14H2,1H3,(H,23,28). The first kappa shape index (κ1) is 20.2. The fourth-order valence-electron chi connectivity index (χ4n) is 4.40. The van der Waals surface area contributed by atoms with Gasteiger partial charge in [-0.3, -0.25) is 9.78 Å². The Hall–Kier alpha value is -2.09. The molecule has 2 aromatic rings. The largest absolute Gasteiger partial charge is 0.371 e. The Labute approximate surface area is 176 Å². The van der Waals surface area contributed by atoms with E-state index in [1.54, 1.807) is 18.0 Å². The molecule has 4 rings (SSSR count). The second kappa shape index (κ2) is 9.61. The summed E-state index contributed by atoms with van der Waals surface area (Å²) in [4.78, 5) is 19.1. The number of amides is 1. The Balaban J connectivity index is 1.30. The fraction of sp³-hybridized carbons (Fsp3) is 0.619. The van der Waals surface area contributed by atoms with Crippen LogP contribution < -0.4 is 10.2 Å². The van der Waals surface area contributed by atoms with E-state index in [1.165, 1.54) is 38.5 Å². The first-order valence-corrected chi connectivity index (χ1v) is 12.0. The van der Waals surface area contributed by atoms with Crippen molar-refractivity contribution in [1.29, 1.82) is 0 Å².